The van der Waals surface area contributed by atoms with Crippen LogP contribution in [-0.4, -0.2) is 48.0 Å². The van der Waals surface area contributed by atoms with Crippen molar-refractivity contribution in [2.75, 3.05) is 23.7 Å². The number of carbonyl (C=O) groups excluding carboxylic acids is 3. The quantitative estimate of drug-likeness (QED) is 0.576. The lowest BCUT2D eigenvalue weighted by Gasteiger charge is -2.33. The first-order chi connectivity index (χ1) is 14.4. The van der Waals surface area contributed by atoms with E-state index in [9.17, 15) is 14.4 Å². The zero-order valence-electron chi connectivity index (χ0n) is 17.3. The monoisotopic (exact) mass is 435 g/mol. The number of benzene rings is 1. The van der Waals surface area contributed by atoms with E-state index in [1.807, 2.05) is 0 Å². The van der Waals surface area contributed by atoms with Gasteiger partial charge in [0.15, 0.2) is 0 Å². The summed E-state index contributed by atoms with van der Waals surface area (Å²) in [5, 5.41) is 11.9. The van der Waals surface area contributed by atoms with Crippen molar-refractivity contribution in [3.8, 4) is 0 Å². The summed E-state index contributed by atoms with van der Waals surface area (Å²) >= 11 is 6.22. The molecule has 0 radical (unpaired) electrons. The second-order valence-corrected chi connectivity index (χ2v) is 8.43. The molecule has 1 heterocycles. The number of carbonyl (C=O) groups is 3. The molecule has 1 aliphatic carbocycles. The minimum absolute atomic E-state index is 0.0677. The second kappa shape index (κ2) is 10.5. The Labute approximate surface area is 182 Å². The standard InChI is InChI=1S/C21H30ClN5O3/c1-14(28)23-17-7-8-19(18(22)13-17)26-21(30)27-11-9-16(10-12-27)25-20(29)24-15-5-3-2-4-6-15/h7-8,13,15-16H,2-6,9-12H2,1H3,(H,23,28)(H,26,30)(H2,24,25,29). The van der Waals surface area contributed by atoms with E-state index in [0.29, 0.717) is 42.3 Å². The molecule has 2 fully saturated rings. The number of piperidine rings is 1. The fourth-order valence-corrected chi connectivity index (χ4v) is 4.21. The van der Waals surface area contributed by atoms with Gasteiger partial charge in [0.1, 0.15) is 0 Å². The van der Waals surface area contributed by atoms with Crippen molar-refractivity contribution in [1.82, 2.24) is 15.5 Å². The van der Waals surface area contributed by atoms with E-state index in [-0.39, 0.29) is 30.1 Å². The summed E-state index contributed by atoms with van der Waals surface area (Å²) in [4.78, 5) is 37.6. The van der Waals surface area contributed by atoms with Gasteiger partial charge in [0.25, 0.3) is 0 Å². The number of amides is 5. The third-order valence-electron chi connectivity index (χ3n) is 5.59. The number of anilines is 2. The summed E-state index contributed by atoms with van der Waals surface area (Å²) in [5.41, 5.74) is 1.06. The molecule has 0 atom stereocenters. The fraction of sp³-hybridized carbons (Fsp3) is 0.571. The molecule has 5 amide bonds. The number of rotatable bonds is 4. The van der Waals surface area contributed by atoms with Gasteiger partial charge in [0, 0.05) is 37.8 Å². The Morgan fingerprint density at radius 2 is 1.57 bits per heavy atom. The number of hydrogen-bond donors (Lipinski definition) is 4. The van der Waals surface area contributed by atoms with Gasteiger partial charge in [-0.3, -0.25) is 4.79 Å². The lowest BCUT2D eigenvalue weighted by molar-refractivity contribution is -0.114. The van der Waals surface area contributed by atoms with E-state index in [2.05, 4.69) is 21.3 Å². The Morgan fingerprint density at radius 1 is 0.933 bits per heavy atom. The van der Waals surface area contributed by atoms with E-state index in [1.54, 1.807) is 23.1 Å². The summed E-state index contributed by atoms with van der Waals surface area (Å²) in [7, 11) is 0. The summed E-state index contributed by atoms with van der Waals surface area (Å²) in [6, 6.07) is 4.97. The molecule has 9 heteroatoms. The zero-order chi connectivity index (χ0) is 21.5. The smallest absolute Gasteiger partial charge is 0.321 e. The first-order valence-electron chi connectivity index (χ1n) is 10.6. The molecule has 1 aromatic carbocycles. The van der Waals surface area contributed by atoms with E-state index in [0.717, 1.165) is 12.8 Å². The van der Waals surface area contributed by atoms with Crippen LogP contribution in [0.15, 0.2) is 18.2 Å². The third kappa shape index (κ3) is 6.52. The van der Waals surface area contributed by atoms with E-state index >= 15 is 0 Å². The van der Waals surface area contributed by atoms with Gasteiger partial charge in [-0.2, -0.15) is 0 Å². The lowest BCUT2D eigenvalue weighted by atomic mass is 9.96. The topological polar surface area (TPSA) is 103 Å². The highest BCUT2D eigenvalue weighted by Gasteiger charge is 2.25. The lowest BCUT2D eigenvalue weighted by Crippen LogP contribution is -2.51. The van der Waals surface area contributed by atoms with Gasteiger partial charge in [-0.05, 0) is 43.9 Å². The Kier molecular flexibility index (Phi) is 7.79. The summed E-state index contributed by atoms with van der Waals surface area (Å²) in [5.74, 6) is -0.188. The van der Waals surface area contributed by atoms with E-state index < -0.39 is 0 Å². The Morgan fingerprint density at radius 3 is 2.17 bits per heavy atom. The molecular weight excluding hydrogens is 406 g/mol. The minimum Gasteiger partial charge on any atom is -0.335 e. The molecule has 1 saturated heterocycles. The zero-order valence-corrected chi connectivity index (χ0v) is 18.1. The average Bonchev–Trinajstić information content (AvgIpc) is 2.71. The van der Waals surface area contributed by atoms with Crippen molar-refractivity contribution in [1.29, 1.82) is 0 Å². The molecule has 3 rings (SSSR count). The van der Waals surface area contributed by atoms with Crippen LogP contribution in [0.1, 0.15) is 51.9 Å². The largest absolute Gasteiger partial charge is 0.335 e. The Bertz CT molecular complexity index is 774. The van der Waals surface area contributed by atoms with Crippen molar-refractivity contribution in [2.45, 2.75) is 64.0 Å². The summed E-state index contributed by atoms with van der Waals surface area (Å²) in [6.07, 6.45) is 7.14. The van der Waals surface area contributed by atoms with Gasteiger partial charge >= 0.3 is 12.1 Å². The SMILES string of the molecule is CC(=O)Nc1ccc(NC(=O)N2CCC(NC(=O)NC3CCCCC3)CC2)c(Cl)c1. The van der Waals surface area contributed by atoms with E-state index in [1.165, 1.54) is 26.2 Å². The van der Waals surface area contributed by atoms with E-state index in [4.69, 9.17) is 11.6 Å². The van der Waals surface area contributed by atoms with Crippen molar-refractivity contribution in [2.24, 2.45) is 0 Å². The highest BCUT2D eigenvalue weighted by molar-refractivity contribution is 6.34. The first kappa shape index (κ1) is 22.2. The molecule has 1 aliphatic heterocycles. The minimum atomic E-state index is -0.228. The van der Waals surface area contributed by atoms with Crippen LogP contribution in [-0.2, 0) is 4.79 Å². The number of halogens is 1. The number of urea groups is 2. The van der Waals surface area contributed by atoms with Crippen LogP contribution in [0.3, 0.4) is 0 Å². The van der Waals surface area contributed by atoms with Crippen LogP contribution in [0.4, 0.5) is 21.0 Å². The van der Waals surface area contributed by atoms with Crippen LogP contribution in [0.5, 0.6) is 0 Å². The normalized spacial score (nSPS) is 17.9. The number of nitrogens with zero attached hydrogens (tertiary/aromatic N) is 1. The van der Waals surface area contributed by atoms with Crippen LogP contribution in [0, 0.1) is 0 Å². The molecule has 0 spiro atoms. The number of nitrogens with one attached hydrogen (secondary N) is 4. The van der Waals surface area contributed by atoms with Crippen LogP contribution < -0.4 is 21.3 Å². The first-order valence-corrected chi connectivity index (χ1v) is 11.0. The molecular formula is C21H30ClN5O3. The van der Waals surface area contributed by atoms with Crippen molar-refractivity contribution < 1.29 is 14.4 Å². The second-order valence-electron chi connectivity index (χ2n) is 8.02. The Hall–Kier alpha value is -2.48. The molecule has 30 heavy (non-hydrogen) atoms. The van der Waals surface area contributed by atoms with Crippen molar-refractivity contribution in [3.63, 3.8) is 0 Å². The number of likely N-dealkylation sites (tertiary alicyclic amines) is 1. The van der Waals surface area contributed by atoms with Crippen LogP contribution in [0.25, 0.3) is 0 Å². The summed E-state index contributed by atoms with van der Waals surface area (Å²) < 4.78 is 0. The molecule has 1 aromatic rings. The average molecular weight is 436 g/mol. The van der Waals surface area contributed by atoms with Gasteiger partial charge < -0.3 is 26.2 Å². The van der Waals surface area contributed by atoms with Gasteiger partial charge in [-0.15, -0.1) is 0 Å². The molecule has 0 bridgehead atoms. The third-order valence-corrected chi connectivity index (χ3v) is 5.90. The maximum absolute atomic E-state index is 12.6. The molecule has 1 saturated carbocycles. The molecule has 4 N–H and O–H groups in total. The van der Waals surface area contributed by atoms with Crippen LogP contribution >= 0.6 is 11.6 Å². The predicted octanol–water partition coefficient (Wildman–Crippen LogP) is 3.93. The molecule has 164 valence electrons. The highest BCUT2D eigenvalue weighted by Crippen LogP contribution is 2.26. The van der Waals surface area contributed by atoms with Gasteiger partial charge in [-0.1, -0.05) is 30.9 Å². The number of hydrogen-bond acceptors (Lipinski definition) is 3. The van der Waals surface area contributed by atoms with Crippen molar-refractivity contribution in [3.05, 3.63) is 23.2 Å². The maximum atomic E-state index is 12.6. The molecule has 0 aromatic heterocycles. The maximum Gasteiger partial charge on any atom is 0.321 e. The van der Waals surface area contributed by atoms with Gasteiger partial charge in [-0.25, -0.2) is 9.59 Å². The summed E-state index contributed by atoms with van der Waals surface area (Å²) in [6.45, 7) is 2.53. The van der Waals surface area contributed by atoms with Gasteiger partial charge in [0.05, 0.1) is 10.7 Å². The molecule has 2 aliphatic rings. The van der Waals surface area contributed by atoms with Crippen molar-refractivity contribution >= 4 is 40.9 Å². The molecule has 8 nitrogen and oxygen atoms in total. The highest BCUT2D eigenvalue weighted by atomic mass is 35.5. The predicted molar refractivity (Wildman–Crippen MR) is 118 cm³/mol. The fourth-order valence-electron chi connectivity index (χ4n) is 3.98. The van der Waals surface area contributed by atoms with Gasteiger partial charge in [0.2, 0.25) is 5.91 Å². The molecule has 0 unspecified atom stereocenters. The van der Waals surface area contributed by atoms with Crippen LogP contribution in [0.2, 0.25) is 5.02 Å². The Balaban J connectivity index is 1.42.